The highest BCUT2D eigenvalue weighted by molar-refractivity contribution is 5.81. The van der Waals surface area contributed by atoms with Gasteiger partial charge in [0.05, 0.1) is 11.7 Å². The lowest BCUT2D eigenvalue weighted by molar-refractivity contribution is 0.635. The fourth-order valence-corrected chi connectivity index (χ4v) is 2.33. The van der Waals surface area contributed by atoms with Gasteiger partial charge >= 0.3 is 0 Å². The van der Waals surface area contributed by atoms with Crippen LogP contribution < -0.4 is 5.73 Å². The van der Waals surface area contributed by atoms with Gasteiger partial charge in [-0.1, -0.05) is 42.5 Å². The van der Waals surface area contributed by atoms with E-state index in [2.05, 4.69) is 9.97 Å². The normalized spacial score (nSPS) is 12.5. The van der Waals surface area contributed by atoms with Crippen molar-refractivity contribution >= 4 is 10.9 Å². The molecule has 100 valence electrons. The predicted molar refractivity (Wildman–Crippen MR) is 76.6 cm³/mol. The molecule has 1 unspecified atom stereocenters. The van der Waals surface area contributed by atoms with Crippen molar-refractivity contribution in [2.24, 2.45) is 5.73 Å². The van der Waals surface area contributed by atoms with Gasteiger partial charge < -0.3 is 5.73 Å². The van der Waals surface area contributed by atoms with Crippen LogP contribution >= 0.6 is 0 Å². The molecule has 1 heterocycles. The van der Waals surface area contributed by atoms with Crippen LogP contribution in [0.1, 0.15) is 17.3 Å². The first-order chi connectivity index (χ1) is 9.75. The third-order valence-electron chi connectivity index (χ3n) is 3.30. The molecule has 0 aliphatic heterocycles. The highest BCUT2D eigenvalue weighted by Crippen LogP contribution is 2.23. The Morgan fingerprint density at radius 1 is 1.00 bits per heavy atom. The fourth-order valence-electron chi connectivity index (χ4n) is 2.33. The molecule has 0 saturated carbocycles. The second kappa shape index (κ2) is 5.35. The first-order valence-electron chi connectivity index (χ1n) is 6.44. The highest BCUT2D eigenvalue weighted by Gasteiger charge is 2.14. The van der Waals surface area contributed by atoms with Gasteiger partial charge in [-0.3, -0.25) is 0 Å². The van der Waals surface area contributed by atoms with Crippen LogP contribution in [0.25, 0.3) is 10.9 Å². The van der Waals surface area contributed by atoms with E-state index in [1.807, 2.05) is 30.3 Å². The lowest BCUT2D eigenvalue weighted by Crippen LogP contribution is -2.15. The van der Waals surface area contributed by atoms with Crippen molar-refractivity contribution in [1.29, 1.82) is 0 Å². The summed E-state index contributed by atoms with van der Waals surface area (Å²) < 4.78 is 13.7. The minimum Gasteiger partial charge on any atom is -0.322 e. The third-order valence-corrected chi connectivity index (χ3v) is 3.30. The Morgan fingerprint density at radius 2 is 1.80 bits per heavy atom. The van der Waals surface area contributed by atoms with E-state index in [1.54, 1.807) is 12.1 Å². The summed E-state index contributed by atoms with van der Waals surface area (Å²) in [4.78, 5) is 8.23. The summed E-state index contributed by atoms with van der Waals surface area (Å²) in [5.41, 5.74) is 8.36. The van der Waals surface area contributed by atoms with Gasteiger partial charge in [-0.25, -0.2) is 14.4 Å². The van der Waals surface area contributed by atoms with E-state index in [0.29, 0.717) is 23.0 Å². The van der Waals surface area contributed by atoms with E-state index in [9.17, 15) is 4.39 Å². The molecular formula is C16H14FN3. The minimum atomic E-state index is -0.349. The highest BCUT2D eigenvalue weighted by atomic mass is 19.1. The number of hydrogen-bond donors (Lipinski definition) is 1. The molecule has 0 bridgehead atoms. The molecule has 2 aromatic carbocycles. The fraction of sp³-hybridized carbons (Fsp3) is 0.125. The lowest BCUT2D eigenvalue weighted by Gasteiger charge is -2.13. The maximum Gasteiger partial charge on any atom is 0.149 e. The Bertz CT molecular complexity index is 728. The molecule has 1 atom stereocenters. The van der Waals surface area contributed by atoms with Gasteiger partial charge in [0.25, 0.3) is 0 Å². The molecule has 3 aromatic rings. The summed E-state index contributed by atoms with van der Waals surface area (Å²) in [5.74, 6) is -0.349. The molecule has 0 saturated heterocycles. The number of benzene rings is 2. The topological polar surface area (TPSA) is 51.8 Å². The van der Waals surface area contributed by atoms with Gasteiger partial charge in [-0.2, -0.15) is 0 Å². The number of nitrogens with two attached hydrogens (primary N) is 1. The summed E-state index contributed by atoms with van der Waals surface area (Å²) in [6.07, 6.45) is 2.02. The third kappa shape index (κ3) is 2.38. The molecule has 20 heavy (non-hydrogen) atoms. The molecule has 0 spiro atoms. The molecule has 0 fully saturated rings. The summed E-state index contributed by atoms with van der Waals surface area (Å²) in [6.45, 7) is 0. The van der Waals surface area contributed by atoms with Gasteiger partial charge in [0.15, 0.2) is 0 Å². The second-order valence-electron chi connectivity index (χ2n) is 4.69. The summed E-state index contributed by atoms with van der Waals surface area (Å²) in [6, 6.07) is 14.5. The van der Waals surface area contributed by atoms with Crippen LogP contribution in [-0.2, 0) is 6.42 Å². The Labute approximate surface area is 116 Å². The molecular weight excluding hydrogens is 253 g/mol. The molecule has 0 aliphatic rings. The Morgan fingerprint density at radius 3 is 2.60 bits per heavy atom. The number of hydrogen-bond acceptors (Lipinski definition) is 3. The van der Waals surface area contributed by atoms with Crippen LogP contribution in [-0.4, -0.2) is 9.97 Å². The van der Waals surface area contributed by atoms with Crippen molar-refractivity contribution in [3.05, 3.63) is 71.9 Å². The largest absolute Gasteiger partial charge is 0.322 e. The molecule has 0 radical (unpaired) electrons. The predicted octanol–water partition coefficient (Wildman–Crippen LogP) is 3.01. The van der Waals surface area contributed by atoms with Crippen molar-refractivity contribution in [3.63, 3.8) is 0 Å². The quantitative estimate of drug-likeness (QED) is 0.793. The molecule has 0 aliphatic carbocycles. The van der Waals surface area contributed by atoms with Crippen molar-refractivity contribution in [2.45, 2.75) is 12.5 Å². The number of halogens is 1. The van der Waals surface area contributed by atoms with Crippen molar-refractivity contribution in [3.8, 4) is 0 Å². The molecule has 4 heteroatoms. The van der Waals surface area contributed by atoms with Crippen LogP contribution in [0.4, 0.5) is 4.39 Å². The zero-order valence-corrected chi connectivity index (χ0v) is 10.8. The first-order valence-corrected chi connectivity index (χ1v) is 6.44. The van der Waals surface area contributed by atoms with Gasteiger partial charge in [0.1, 0.15) is 17.7 Å². The summed E-state index contributed by atoms with van der Waals surface area (Å²) in [5, 5.41) is 0.677. The van der Waals surface area contributed by atoms with Gasteiger partial charge in [-0.05, 0) is 18.1 Å². The maximum absolute atomic E-state index is 13.7. The minimum absolute atomic E-state index is 0.287. The number of fused-ring (bicyclic) bond motifs is 1. The maximum atomic E-state index is 13.7. The molecule has 3 nitrogen and oxygen atoms in total. The summed E-state index contributed by atoms with van der Waals surface area (Å²) in [7, 11) is 0. The van der Waals surface area contributed by atoms with E-state index in [0.717, 1.165) is 5.56 Å². The van der Waals surface area contributed by atoms with Gasteiger partial charge in [-0.15, -0.1) is 0 Å². The van der Waals surface area contributed by atoms with Crippen LogP contribution in [0.5, 0.6) is 0 Å². The van der Waals surface area contributed by atoms with Crippen LogP contribution in [0.2, 0.25) is 0 Å². The van der Waals surface area contributed by atoms with E-state index in [1.165, 1.54) is 12.4 Å². The SMILES string of the molecule is NC(Cc1ccccc1)c1ncnc2c(F)cccc12. The number of nitrogens with zero attached hydrogens (tertiary/aromatic N) is 2. The Kier molecular flexibility index (Phi) is 3.39. The molecule has 0 amide bonds. The monoisotopic (exact) mass is 267 g/mol. The zero-order chi connectivity index (χ0) is 13.9. The van der Waals surface area contributed by atoms with Crippen molar-refractivity contribution < 1.29 is 4.39 Å². The molecule has 2 N–H and O–H groups in total. The molecule has 1 aromatic heterocycles. The Hall–Kier alpha value is -2.33. The standard InChI is InChI=1S/C16H14FN3/c17-13-8-4-7-12-15(13)19-10-20-16(12)14(18)9-11-5-2-1-3-6-11/h1-8,10,14H,9,18H2. The van der Waals surface area contributed by atoms with E-state index < -0.39 is 0 Å². The summed E-state index contributed by atoms with van der Waals surface area (Å²) >= 11 is 0. The lowest BCUT2D eigenvalue weighted by atomic mass is 10.0. The van der Waals surface area contributed by atoms with Crippen LogP contribution in [0, 0.1) is 5.82 Å². The average molecular weight is 267 g/mol. The number of aromatic nitrogens is 2. The van der Waals surface area contributed by atoms with E-state index in [-0.39, 0.29) is 11.9 Å². The smallest absolute Gasteiger partial charge is 0.149 e. The Balaban J connectivity index is 2.00. The van der Waals surface area contributed by atoms with E-state index in [4.69, 9.17) is 5.73 Å². The van der Waals surface area contributed by atoms with Gasteiger partial charge in [0, 0.05) is 5.39 Å². The first kappa shape index (κ1) is 12.7. The second-order valence-corrected chi connectivity index (χ2v) is 4.69. The van der Waals surface area contributed by atoms with E-state index >= 15 is 0 Å². The average Bonchev–Trinajstić information content (AvgIpc) is 2.48. The number of para-hydroxylation sites is 1. The van der Waals surface area contributed by atoms with Crippen LogP contribution in [0.3, 0.4) is 0 Å². The zero-order valence-electron chi connectivity index (χ0n) is 10.8. The van der Waals surface area contributed by atoms with Crippen LogP contribution in [0.15, 0.2) is 54.9 Å². The van der Waals surface area contributed by atoms with Crippen molar-refractivity contribution in [1.82, 2.24) is 9.97 Å². The van der Waals surface area contributed by atoms with Gasteiger partial charge in [0.2, 0.25) is 0 Å². The van der Waals surface area contributed by atoms with Crippen molar-refractivity contribution in [2.75, 3.05) is 0 Å². The molecule has 3 rings (SSSR count). The number of rotatable bonds is 3.